The van der Waals surface area contributed by atoms with Crippen molar-refractivity contribution in [2.75, 3.05) is 25.0 Å². The first kappa shape index (κ1) is 17.5. The van der Waals surface area contributed by atoms with Crippen molar-refractivity contribution in [3.8, 4) is 0 Å². The van der Waals surface area contributed by atoms with E-state index < -0.39 is 20.7 Å². The van der Waals surface area contributed by atoms with Crippen LogP contribution in [0.3, 0.4) is 0 Å². The van der Waals surface area contributed by atoms with Gasteiger partial charge in [0.05, 0.1) is 0 Å². The van der Waals surface area contributed by atoms with E-state index in [2.05, 4.69) is 5.32 Å². The van der Waals surface area contributed by atoms with Crippen LogP contribution in [0.4, 0.5) is 10.1 Å². The summed E-state index contributed by atoms with van der Waals surface area (Å²) in [6, 6.07) is 3.42. The number of benzene rings is 1. The molecule has 1 rings (SSSR count). The Hall–Kier alpha value is -1.51. The van der Waals surface area contributed by atoms with Crippen LogP contribution in [-0.4, -0.2) is 43.4 Å². The predicted octanol–water partition coefficient (Wildman–Crippen LogP) is 1.18. The molecule has 0 saturated heterocycles. The number of hydrogen-bond acceptors (Lipinski definition) is 4. The van der Waals surface area contributed by atoms with Crippen LogP contribution in [0.1, 0.15) is 20.3 Å². The summed E-state index contributed by atoms with van der Waals surface area (Å²) in [7, 11) is -3.96. The number of halogens is 1. The van der Waals surface area contributed by atoms with E-state index in [1.807, 2.05) is 0 Å². The van der Waals surface area contributed by atoms with Crippen molar-refractivity contribution in [3.05, 3.63) is 24.0 Å². The van der Waals surface area contributed by atoms with Gasteiger partial charge in [-0.1, -0.05) is 6.92 Å². The monoisotopic (exact) mass is 318 g/mol. The Kier molecular flexibility index (Phi) is 6.25. The maximum Gasteiger partial charge on any atom is 0.245 e. The lowest BCUT2D eigenvalue weighted by Gasteiger charge is -2.20. The summed E-state index contributed by atoms with van der Waals surface area (Å²) in [6.07, 6.45) is 0.276. The topological polar surface area (TPSA) is 86.7 Å². The van der Waals surface area contributed by atoms with Crippen LogP contribution < -0.4 is 5.32 Å². The molecule has 6 nitrogen and oxygen atoms in total. The highest BCUT2D eigenvalue weighted by Crippen LogP contribution is 2.22. The SMILES string of the molecule is CCN(CCCO)S(=O)(=O)c1ccc(NC(C)=O)cc1F. The summed E-state index contributed by atoms with van der Waals surface area (Å²) >= 11 is 0. The molecule has 118 valence electrons. The molecule has 0 heterocycles. The molecule has 0 radical (unpaired) electrons. The number of amides is 1. The molecule has 0 aliphatic carbocycles. The van der Waals surface area contributed by atoms with E-state index in [1.165, 1.54) is 13.0 Å². The van der Waals surface area contributed by atoms with Crippen molar-refractivity contribution >= 4 is 21.6 Å². The molecule has 0 spiro atoms. The summed E-state index contributed by atoms with van der Waals surface area (Å²) in [5, 5.41) is 11.2. The zero-order valence-corrected chi connectivity index (χ0v) is 12.8. The molecule has 1 aromatic carbocycles. The molecular weight excluding hydrogens is 299 g/mol. The third kappa shape index (κ3) is 4.48. The van der Waals surface area contributed by atoms with E-state index >= 15 is 0 Å². The number of rotatable bonds is 7. The molecule has 0 aromatic heterocycles. The lowest BCUT2D eigenvalue weighted by atomic mass is 10.3. The fourth-order valence-corrected chi connectivity index (χ4v) is 3.36. The molecule has 21 heavy (non-hydrogen) atoms. The van der Waals surface area contributed by atoms with Crippen LogP contribution in [-0.2, 0) is 14.8 Å². The molecule has 0 fully saturated rings. The molecule has 0 bridgehead atoms. The first-order valence-corrected chi connectivity index (χ1v) is 7.95. The number of anilines is 1. The van der Waals surface area contributed by atoms with E-state index in [9.17, 15) is 17.6 Å². The van der Waals surface area contributed by atoms with Gasteiger partial charge in [-0.05, 0) is 24.6 Å². The van der Waals surface area contributed by atoms with Gasteiger partial charge in [0.1, 0.15) is 10.7 Å². The molecule has 8 heteroatoms. The number of carbonyl (C=O) groups excluding carboxylic acids is 1. The van der Waals surface area contributed by atoms with Gasteiger partial charge in [0.25, 0.3) is 0 Å². The largest absolute Gasteiger partial charge is 0.396 e. The molecule has 1 amide bonds. The fourth-order valence-electron chi connectivity index (χ4n) is 1.83. The fraction of sp³-hybridized carbons (Fsp3) is 0.462. The van der Waals surface area contributed by atoms with Crippen molar-refractivity contribution in [1.82, 2.24) is 4.31 Å². The smallest absolute Gasteiger partial charge is 0.245 e. The molecule has 0 atom stereocenters. The van der Waals surface area contributed by atoms with Gasteiger partial charge in [0.2, 0.25) is 15.9 Å². The Bertz CT molecular complexity index is 604. The summed E-state index contributed by atoms with van der Waals surface area (Å²) in [5.74, 6) is -1.30. The highest BCUT2D eigenvalue weighted by atomic mass is 32.2. The number of nitrogens with one attached hydrogen (secondary N) is 1. The van der Waals surface area contributed by atoms with E-state index in [1.54, 1.807) is 6.92 Å². The zero-order valence-electron chi connectivity index (χ0n) is 12.0. The van der Waals surface area contributed by atoms with Crippen LogP contribution in [0.25, 0.3) is 0 Å². The Morgan fingerprint density at radius 1 is 1.43 bits per heavy atom. The minimum absolute atomic E-state index is 0.113. The van der Waals surface area contributed by atoms with E-state index in [4.69, 9.17) is 5.11 Å². The van der Waals surface area contributed by atoms with Crippen molar-refractivity contribution in [3.63, 3.8) is 0 Å². The molecule has 0 aliphatic rings. The minimum atomic E-state index is -3.96. The number of hydrogen-bond donors (Lipinski definition) is 2. The number of sulfonamides is 1. The summed E-state index contributed by atoms with van der Waals surface area (Å²) < 4.78 is 39.8. The van der Waals surface area contributed by atoms with Crippen LogP contribution in [0.15, 0.2) is 23.1 Å². The number of carbonyl (C=O) groups is 1. The Balaban J connectivity index is 3.10. The molecule has 0 unspecified atom stereocenters. The Labute approximate surface area is 123 Å². The van der Waals surface area contributed by atoms with E-state index in [0.29, 0.717) is 0 Å². The van der Waals surface area contributed by atoms with Crippen molar-refractivity contribution in [1.29, 1.82) is 0 Å². The van der Waals surface area contributed by atoms with Gasteiger partial charge in [0, 0.05) is 32.3 Å². The van der Waals surface area contributed by atoms with Crippen molar-refractivity contribution < 1.29 is 22.7 Å². The van der Waals surface area contributed by atoms with E-state index in [0.717, 1.165) is 16.4 Å². The second kappa shape index (κ2) is 7.48. The van der Waals surface area contributed by atoms with E-state index in [-0.39, 0.29) is 37.7 Å². The average Bonchev–Trinajstić information content (AvgIpc) is 2.38. The number of aliphatic hydroxyl groups is 1. The highest BCUT2D eigenvalue weighted by molar-refractivity contribution is 7.89. The molecule has 2 N–H and O–H groups in total. The molecule has 0 aliphatic heterocycles. The average molecular weight is 318 g/mol. The predicted molar refractivity (Wildman–Crippen MR) is 76.8 cm³/mol. The third-order valence-electron chi connectivity index (χ3n) is 2.79. The van der Waals surface area contributed by atoms with Gasteiger partial charge < -0.3 is 10.4 Å². The second-order valence-electron chi connectivity index (χ2n) is 4.40. The van der Waals surface area contributed by atoms with Crippen LogP contribution in [0.5, 0.6) is 0 Å². The standard InChI is InChI=1S/C13H19FN2O4S/c1-3-16(7-4-8-17)21(19,20)13-6-5-11(9-12(13)14)15-10(2)18/h5-6,9,17H,3-4,7-8H2,1-2H3,(H,15,18). The lowest BCUT2D eigenvalue weighted by Crippen LogP contribution is -2.32. The van der Waals surface area contributed by atoms with Crippen LogP contribution >= 0.6 is 0 Å². The van der Waals surface area contributed by atoms with Gasteiger partial charge in [-0.25, -0.2) is 12.8 Å². The minimum Gasteiger partial charge on any atom is -0.396 e. The third-order valence-corrected chi connectivity index (χ3v) is 4.80. The lowest BCUT2D eigenvalue weighted by molar-refractivity contribution is -0.114. The first-order valence-electron chi connectivity index (χ1n) is 6.51. The van der Waals surface area contributed by atoms with Gasteiger partial charge in [-0.2, -0.15) is 4.31 Å². The van der Waals surface area contributed by atoms with Gasteiger partial charge in [-0.15, -0.1) is 0 Å². The van der Waals surface area contributed by atoms with Crippen molar-refractivity contribution in [2.45, 2.75) is 25.2 Å². The van der Waals surface area contributed by atoms with Crippen molar-refractivity contribution in [2.24, 2.45) is 0 Å². The summed E-state index contributed by atoms with van der Waals surface area (Å²) in [4.78, 5) is 10.4. The Morgan fingerprint density at radius 2 is 2.10 bits per heavy atom. The second-order valence-corrected chi connectivity index (χ2v) is 6.31. The summed E-state index contributed by atoms with van der Waals surface area (Å²) in [5.41, 5.74) is 0.192. The first-order chi connectivity index (χ1) is 9.82. The maximum atomic E-state index is 14.0. The van der Waals surface area contributed by atoms with Gasteiger partial charge in [-0.3, -0.25) is 4.79 Å². The zero-order chi connectivity index (χ0) is 16.0. The normalized spacial score (nSPS) is 11.7. The van der Waals surface area contributed by atoms with Crippen LogP contribution in [0.2, 0.25) is 0 Å². The molecule has 1 aromatic rings. The Morgan fingerprint density at radius 3 is 2.57 bits per heavy atom. The van der Waals surface area contributed by atoms with Crippen LogP contribution in [0, 0.1) is 5.82 Å². The quantitative estimate of drug-likeness (QED) is 0.790. The number of nitrogens with zero attached hydrogens (tertiary/aromatic N) is 1. The molecular formula is C13H19FN2O4S. The van der Waals surface area contributed by atoms with Gasteiger partial charge in [0.15, 0.2) is 0 Å². The van der Waals surface area contributed by atoms with Gasteiger partial charge >= 0.3 is 0 Å². The maximum absolute atomic E-state index is 14.0. The number of aliphatic hydroxyl groups excluding tert-OH is 1. The highest BCUT2D eigenvalue weighted by Gasteiger charge is 2.26. The molecule has 0 saturated carbocycles. The summed E-state index contributed by atoms with van der Waals surface area (Å²) in [6.45, 7) is 3.06.